The number of amides is 1. The number of methoxy groups -OCH3 is 1. The standard InChI is InChI=1S/C17H27N3O5S/c1-4-19-8-6-7-12(19)11-20(22)17(21)13-9-16(26(23,24)5-2)14(18)10-15(13)25-3/h9-10,12,22H,4-8,11,18H2,1-3H3. The van der Waals surface area contributed by atoms with Crippen LogP contribution in [-0.2, 0) is 9.84 Å². The molecule has 0 radical (unpaired) electrons. The Hall–Kier alpha value is -1.84. The molecule has 0 saturated carbocycles. The number of likely N-dealkylation sites (N-methyl/N-ethyl adjacent to an activating group) is 1. The number of hydrogen-bond donors (Lipinski definition) is 2. The molecule has 0 bridgehead atoms. The number of anilines is 1. The third-order valence-corrected chi connectivity index (χ3v) is 6.58. The minimum Gasteiger partial charge on any atom is -0.496 e. The molecular weight excluding hydrogens is 358 g/mol. The van der Waals surface area contributed by atoms with Crippen molar-refractivity contribution in [3.8, 4) is 5.75 Å². The van der Waals surface area contributed by atoms with Crippen LogP contribution in [0, 0.1) is 0 Å². The molecule has 146 valence electrons. The Kier molecular flexibility index (Phi) is 6.48. The maximum atomic E-state index is 12.7. The fourth-order valence-corrected chi connectivity index (χ4v) is 4.30. The lowest BCUT2D eigenvalue weighted by atomic mass is 10.1. The molecule has 1 atom stereocenters. The van der Waals surface area contributed by atoms with E-state index in [1.165, 1.54) is 26.2 Å². The van der Waals surface area contributed by atoms with Gasteiger partial charge in [-0.15, -0.1) is 0 Å². The van der Waals surface area contributed by atoms with E-state index in [9.17, 15) is 18.4 Å². The van der Waals surface area contributed by atoms with Crippen LogP contribution in [0.5, 0.6) is 5.75 Å². The smallest absolute Gasteiger partial charge is 0.281 e. The van der Waals surface area contributed by atoms with Crippen LogP contribution in [0.15, 0.2) is 17.0 Å². The molecular formula is C17H27N3O5S. The quantitative estimate of drug-likeness (QED) is 0.414. The number of nitrogens with zero attached hydrogens (tertiary/aromatic N) is 2. The molecule has 3 N–H and O–H groups in total. The van der Waals surface area contributed by atoms with Crippen LogP contribution < -0.4 is 10.5 Å². The Morgan fingerprint density at radius 1 is 1.42 bits per heavy atom. The molecule has 1 aromatic rings. The fourth-order valence-electron chi connectivity index (χ4n) is 3.28. The third kappa shape index (κ3) is 4.11. The van der Waals surface area contributed by atoms with Gasteiger partial charge < -0.3 is 10.5 Å². The molecule has 9 heteroatoms. The number of carbonyl (C=O) groups excluding carboxylic acids is 1. The first-order valence-electron chi connectivity index (χ1n) is 8.70. The van der Waals surface area contributed by atoms with E-state index in [0.717, 1.165) is 25.9 Å². The van der Waals surface area contributed by atoms with E-state index in [4.69, 9.17) is 10.5 Å². The molecule has 1 saturated heterocycles. The highest BCUT2D eigenvalue weighted by molar-refractivity contribution is 7.91. The normalized spacial score (nSPS) is 18.1. The minimum atomic E-state index is -3.61. The average molecular weight is 385 g/mol. The number of hydroxylamine groups is 2. The molecule has 1 aromatic carbocycles. The van der Waals surface area contributed by atoms with Crippen molar-refractivity contribution in [3.63, 3.8) is 0 Å². The summed E-state index contributed by atoms with van der Waals surface area (Å²) in [5.41, 5.74) is 5.80. The predicted octanol–water partition coefficient (Wildman–Crippen LogP) is 1.39. The van der Waals surface area contributed by atoms with Crippen molar-refractivity contribution < 1.29 is 23.2 Å². The maximum Gasteiger partial charge on any atom is 0.281 e. The van der Waals surface area contributed by atoms with E-state index in [1.807, 2.05) is 6.92 Å². The zero-order valence-electron chi connectivity index (χ0n) is 15.4. The number of likely N-dealkylation sites (tertiary alicyclic amines) is 1. The molecule has 0 spiro atoms. The van der Waals surface area contributed by atoms with Gasteiger partial charge in [-0.3, -0.25) is 14.9 Å². The maximum absolute atomic E-state index is 12.7. The molecule has 1 aliphatic heterocycles. The Morgan fingerprint density at radius 3 is 2.69 bits per heavy atom. The number of carbonyl (C=O) groups is 1. The number of nitrogens with two attached hydrogens (primary N) is 1. The highest BCUT2D eigenvalue weighted by Crippen LogP contribution is 2.30. The van der Waals surface area contributed by atoms with E-state index in [-0.39, 0.29) is 40.2 Å². The molecule has 1 fully saturated rings. The lowest BCUT2D eigenvalue weighted by Crippen LogP contribution is -2.41. The predicted molar refractivity (Wildman–Crippen MR) is 98.2 cm³/mol. The summed E-state index contributed by atoms with van der Waals surface area (Å²) in [7, 11) is -2.25. The zero-order valence-corrected chi connectivity index (χ0v) is 16.3. The fraction of sp³-hybridized carbons (Fsp3) is 0.588. The molecule has 26 heavy (non-hydrogen) atoms. The summed E-state index contributed by atoms with van der Waals surface area (Å²) in [6, 6.07) is 2.56. The Labute approximate surface area is 154 Å². The van der Waals surface area contributed by atoms with Gasteiger partial charge in [0.15, 0.2) is 9.84 Å². The first-order valence-corrected chi connectivity index (χ1v) is 10.3. The average Bonchev–Trinajstić information content (AvgIpc) is 3.07. The number of benzene rings is 1. The SMILES string of the molecule is CCN1CCCC1CN(O)C(=O)c1cc(S(=O)(=O)CC)c(N)cc1OC. The number of rotatable bonds is 7. The van der Waals surface area contributed by atoms with Crippen molar-refractivity contribution >= 4 is 21.4 Å². The summed E-state index contributed by atoms with van der Waals surface area (Å²) in [4.78, 5) is 14.8. The second-order valence-corrected chi connectivity index (χ2v) is 8.55. The molecule has 8 nitrogen and oxygen atoms in total. The van der Waals surface area contributed by atoms with E-state index >= 15 is 0 Å². The largest absolute Gasteiger partial charge is 0.496 e. The van der Waals surface area contributed by atoms with Crippen molar-refractivity contribution in [1.29, 1.82) is 0 Å². The highest BCUT2D eigenvalue weighted by atomic mass is 32.2. The second kappa shape index (κ2) is 8.24. The number of hydrogen-bond acceptors (Lipinski definition) is 7. The van der Waals surface area contributed by atoms with Crippen LogP contribution in [0.4, 0.5) is 5.69 Å². The van der Waals surface area contributed by atoms with Gasteiger partial charge in [-0.1, -0.05) is 13.8 Å². The van der Waals surface area contributed by atoms with Gasteiger partial charge in [0.1, 0.15) is 5.75 Å². The van der Waals surface area contributed by atoms with E-state index in [1.54, 1.807) is 0 Å². The first-order chi connectivity index (χ1) is 12.2. The van der Waals surface area contributed by atoms with Crippen LogP contribution in [-0.4, -0.2) is 68.0 Å². The zero-order chi connectivity index (χ0) is 19.5. The Bertz CT molecular complexity index is 766. The molecule has 2 rings (SSSR count). The van der Waals surface area contributed by atoms with Crippen LogP contribution >= 0.6 is 0 Å². The molecule has 1 aliphatic rings. The van der Waals surface area contributed by atoms with Crippen LogP contribution in [0.2, 0.25) is 0 Å². The number of sulfone groups is 1. The molecule has 0 aromatic heterocycles. The molecule has 1 heterocycles. The van der Waals surface area contributed by atoms with Gasteiger partial charge in [0.2, 0.25) is 0 Å². The van der Waals surface area contributed by atoms with Gasteiger partial charge in [-0.05, 0) is 32.0 Å². The van der Waals surface area contributed by atoms with E-state index in [0.29, 0.717) is 5.06 Å². The lowest BCUT2D eigenvalue weighted by molar-refractivity contribution is -0.0693. The van der Waals surface area contributed by atoms with Crippen molar-refractivity contribution in [2.24, 2.45) is 0 Å². The van der Waals surface area contributed by atoms with Crippen molar-refractivity contribution in [1.82, 2.24) is 9.96 Å². The second-order valence-electron chi connectivity index (χ2n) is 6.31. The number of nitrogen functional groups attached to an aromatic ring is 1. The van der Waals surface area contributed by atoms with E-state index in [2.05, 4.69) is 4.90 Å². The van der Waals surface area contributed by atoms with Crippen molar-refractivity contribution in [2.45, 2.75) is 37.6 Å². The molecule has 1 amide bonds. The summed E-state index contributed by atoms with van der Waals surface area (Å²) in [6.45, 7) is 5.46. The van der Waals surface area contributed by atoms with Crippen molar-refractivity contribution in [3.05, 3.63) is 17.7 Å². The van der Waals surface area contributed by atoms with Crippen LogP contribution in [0.25, 0.3) is 0 Å². The third-order valence-electron chi connectivity index (χ3n) is 4.80. The molecule has 1 unspecified atom stereocenters. The van der Waals surface area contributed by atoms with Crippen LogP contribution in [0.3, 0.4) is 0 Å². The monoisotopic (exact) mass is 385 g/mol. The van der Waals surface area contributed by atoms with Gasteiger partial charge in [0.05, 0.1) is 35.6 Å². The first kappa shape index (κ1) is 20.5. The van der Waals surface area contributed by atoms with Crippen molar-refractivity contribution in [2.75, 3.05) is 38.2 Å². The van der Waals surface area contributed by atoms with Crippen LogP contribution in [0.1, 0.15) is 37.0 Å². The summed E-state index contributed by atoms with van der Waals surface area (Å²) in [6.07, 6.45) is 1.91. The summed E-state index contributed by atoms with van der Waals surface area (Å²) in [5.74, 6) is -0.731. The Morgan fingerprint density at radius 2 is 2.12 bits per heavy atom. The Balaban J connectivity index is 2.33. The topological polar surface area (TPSA) is 113 Å². The van der Waals surface area contributed by atoms with Gasteiger partial charge >= 0.3 is 0 Å². The number of ether oxygens (including phenoxy) is 1. The lowest BCUT2D eigenvalue weighted by Gasteiger charge is -2.26. The molecule has 0 aliphatic carbocycles. The van der Waals surface area contributed by atoms with Gasteiger partial charge in [0.25, 0.3) is 5.91 Å². The van der Waals surface area contributed by atoms with E-state index < -0.39 is 15.7 Å². The summed E-state index contributed by atoms with van der Waals surface area (Å²) < 4.78 is 29.6. The van der Waals surface area contributed by atoms with Gasteiger partial charge in [0, 0.05) is 12.1 Å². The van der Waals surface area contributed by atoms with Gasteiger partial charge in [-0.25, -0.2) is 13.5 Å². The van der Waals surface area contributed by atoms with Gasteiger partial charge in [-0.2, -0.15) is 0 Å². The minimum absolute atomic E-state index is 0.0118. The highest BCUT2D eigenvalue weighted by Gasteiger charge is 2.29. The summed E-state index contributed by atoms with van der Waals surface area (Å²) in [5, 5.41) is 10.9. The summed E-state index contributed by atoms with van der Waals surface area (Å²) >= 11 is 0.